The Hall–Kier alpha value is -1.02. The molecule has 1 unspecified atom stereocenters. The Morgan fingerprint density at radius 1 is 1.30 bits per heavy atom. The fourth-order valence-electron chi connectivity index (χ4n) is 1.58. The van der Waals surface area contributed by atoms with Crippen LogP contribution in [0.4, 0.5) is 0 Å². The predicted octanol–water partition coefficient (Wildman–Crippen LogP) is 1.41. The van der Waals surface area contributed by atoms with Crippen molar-refractivity contribution in [2.75, 3.05) is 20.8 Å². The average molecular weight is 324 g/mol. The zero-order chi connectivity index (χ0) is 15.3. The quantitative estimate of drug-likeness (QED) is 0.792. The summed E-state index contributed by atoms with van der Waals surface area (Å²) in [5.41, 5.74) is 0. The van der Waals surface area contributed by atoms with Crippen molar-refractivity contribution in [1.29, 1.82) is 0 Å². The SMILES string of the molecule is CCC(CO)NS(=O)(=O)c1cc(OC)c(Cl)cc1OC. The maximum Gasteiger partial charge on any atom is 0.244 e. The van der Waals surface area contributed by atoms with Crippen LogP contribution in [0.2, 0.25) is 5.02 Å². The van der Waals surface area contributed by atoms with Crippen molar-refractivity contribution in [2.45, 2.75) is 24.3 Å². The van der Waals surface area contributed by atoms with Gasteiger partial charge in [0.1, 0.15) is 16.4 Å². The summed E-state index contributed by atoms with van der Waals surface area (Å²) >= 11 is 5.93. The average Bonchev–Trinajstić information content (AvgIpc) is 2.44. The topological polar surface area (TPSA) is 84.9 Å². The van der Waals surface area contributed by atoms with Crippen LogP contribution < -0.4 is 14.2 Å². The maximum absolute atomic E-state index is 12.3. The van der Waals surface area contributed by atoms with Crippen LogP contribution in [0.3, 0.4) is 0 Å². The Kier molecular flexibility index (Phi) is 6.07. The largest absolute Gasteiger partial charge is 0.495 e. The van der Waals surface area contributed by atoms with E-state index < -0.39 is 16.1 Å². The highest BCUT2D eigenvalue weighted by Gasteiger charge is 2.24. The standard InChI is InChI=1S/C12H18ClNO5S/c1-4-8(7-15)14-20(16,17)12-6-10(18-2)9(13)5-11(12)19-3/h5-6,8,14-15H,4,7H2,1-3H3. The van der Waals surface area contributed by atoms with E-state index in [1.165, 1.54) is 26.4 Å². The smallest absolute Gasteiger partial charge is 0.244 e. The maximum atomic E-state index is 12.3. The second-order valence-electron chi connectivity index (χ2n) is 4.05. The summed E-state index contributed by atoms with van der Waals surface area (Å²) in [7, 11) is -1.11. The van der Waals surface area contributed by atoms with E-state index in [9.17, 15) is 8.42 Å². The van der Waals surface area contributed by atoms with E-state index in [2.05, 4.69) is 4.72 Å². The van der Waals surface area contributed by atoms with Crippen molar-refractivity contribution >= 4 is 21.6 Å². The van der Waals surface area contributed by atoms with Gasteiger partial charge < -0.3 is 14.6 Å². The summed E-state index contributed by atoms with van der Waals surface area (Å²) < 4.78 is 37.1. The van der Waals surface area contributed by atoms with Crippen LogP contribution in [0, 0.1) is 0 Å². The fourth-order valence-corrected chi connectivity index (χ4v) is 3.28. The van der Waals surface area contributed by atoms with Gasteiger partial charge >= 0.3 is 0 Å². The molecule has 0 aliphatic carbocycles. The number of aliphatic hydroxyl groups is 1. The third kappa shape index (κ3) is 3.76. The number of halogens is 1. The lowest BCUT2D eigenvalue weighted by Crippen LogP contribution is -2.37. The van der Waals surface area contributed by atoms with E-state index in [4.69, 9.17) is 26.2 Å². The van der Waals surface area contributed by atoms with Crippen LogP contribution in [-0.4, -0.2) is 40.4 Å². The second kappa shape index (κ2) is 7.12. The van der Waals surface area contributed by atoms with E-state index >= 15 is 0 Å². The monoisotopic (exact) mass is 323 g/mol. The number of sulfonamides is 1. The normalized spacial score (nSPS) is 13.1. The number of aliphatic hydroxyl groups excluding tert-OH is 1. The molecule has 0 radical (unpaired) electrons. The Bertz CT molecular complexity index is 557. The van der Waals surface area contributed by atoms with E-state index in [0.717, 1.165) is 0 Å². The Morgan fingerprint density at radius 3 is 2.35 bits per heavy atom. The lowest BCUT2D eigenvalue weighted by atomic mass is 10.3. The Balaban J connectivity index is 3.29. The third-order valence-corrected chi connectivity index (χ3v) is 4.60. The first-order chi connectivity index (χ1) is 9.39. The molecule has 0 fully saturated rings. The van der Waals surface area contributed by atoms with Crippen molar-refractivity contribution < 1.29 is 23.0 Å². The molecular formula is C12H18ClNO5S. The van der Waals surface area contributed by atoms with Crippen LogP contribution in [0.25, 0.3) is 0 Å². The minimum absolute atomic E-state index is 0.0897. The van der Waals surface area contributed by atoms with Crippen LogP contribution in [0.15, 0.2) is 17.0 Å². The lowest BCUT2D eigenvalue weighted by molar-refractivity contribution is 0.253. The van der Waals surface area contributed by atoms with Gasteiger partial charge in [-0.25, -0.2) is 13.1 Å². The highest BCUT2D eigenvalue weighted by molar-refractivity contribution is 7.89. The molecule has 0 heterocycles. The fraction of sp³-hybridized carbons (Fsp3) is 0.500. The highest BCUT2D eigenvalue weighted by atomic mass is 35.5. The number of ether oxygens (including phenoxy) is 2. The van der Waals surface area contributed by atoms with E-state index in [0.29, 0.717) is 6.42 Å². The van der Waals surface area contributed by atoms with Crippen LogP contribution in [-0.2, 0) is 10.0 Å². The van der Waals surface area contributed by atoms with Gasteiger partial charge in [-0.05, 0) is 6.42 Å². The van der Waals surface area contributed by atoms with Gasteiger partial charge in [0.2, 0.25) is 10.0 Å². The molecule has 0 aromatic heterocycles. The van der Waals surface area contributed by atoms with Crippen LogP contribution >= 0.6 is 11.6 Å². The van der Waals surface area contributed by atoms with Crippen LogP contribution in [0.1, 0.15) is 13.3 Å². The molecule has 8 heteroatoms. The van der Waals surface area contributed by atoms with Crippen molar-refractivity contribution in [3.05, 3.63) is 17.2 Å². The van der Waals surface area contributed by atoms with Gasteiger partial charge in [-0.2, -0.15) is 0 Å². The molecule has 1 atom stereocenters. The third-order valence-electron chi connectivity index (χ3n) is 2.76. The summed E-state index contributed by atoms with van der Waals surface area (Å²) in [5.74, 6) is 0.334. The number of hydrogen-bond donors (Lipinski definition) is 2. The number of nitrogens with one attached hydrogen (secondary N) is 1. The molecule has 0 aliphatic rings. The molecule has 0 amide bonds. The molecule has 0 saturated heterocycles. The molecule has 0 saturated carbocycles. The van der Waals surface area contributed by atoms with Gasteiger partial charge in [-0.1, -0.05) is 18.5 Å². The molecule has 1 aromatic carbocycles. The summed E-state index contributed by atoms with van der Waals surface area (Å²) in [5, 5.41) is 9.35. The molecule has 0 aliphatic heterocycles. The molecule has 1 rings (SSSR count). The predicted molar refractivity (Wildman–Crippen MR) is 76.0 cm³/mol. The van der Waals surface area contributed by atoms with Gasteiger partial charge in [0.05, 0.1) is 25.8 Å². The first-order valence-electron chi connectivity index (χ1n) is 5.94. The Morgan fingerprint density at radius 2 is 1.90 bits per heavy atom. The zero-order valence-electron chi connectivity index (χ0n) is 11.5. The first kappa shape index (κ1) is 17.0. The summed E-state index contributed by atoms with van der Waals surface area (Å²) in [6.07, 6.45) is 0.461. The summed E-state index contributed by atoms with van der Waals surface area (Å²) in [6, 6.07) is 2.09. The molecule has 20 heavy (non-hydrogen) atoms. The highest BCUT2D eigenvalue weighted by Crippen LogP contribution is 2.35. The molecule has 2 N–H and O–H groups in total. The van der Waals surface area contributed by atoms with Crippen LogP contribution in [0.5, 0.6) is 11.5 Å². The minimum atomic E-state index is -3.85. The molecule has 6 nitrogen and oxygen atoms in total. The van der Waals surface area contributed by atoms with Gasteiger partial charge in [-0.15, -0.1) is 0 Å². The molecule has 1 aromatic rings. The van der Waals surface area contributed by atoms with Gasteiger partial charge in [0, 0.05) is 18.2 Å². The number of benzene rings is 1. The number of rotatable bonds is 7. The lowest BCUT2D eigenvalue weighted by Gasteiger charge is -2.17. The van der Waals surface area contributed by atoms with E-state index in [-0.39, 0.29) is 28.0 Å². The van der Waals surface area contributed by atoms with Gasteiger partial charge in [0.15, 0.2) is 0 Å². The zero-order valence-corrected chi connectivity index (χ0v) is 13.1. The Labute approximate surface area is 123 Å². The van der Waals surface area contributed by atoms with E-state index in [1.54, 1.807) is 6.92 Å². The summed E-state index contributed by atoms with van der Waals surface area (Å²) in [6.45, 7) is 1.48. The number of hydrogen-bond acceptors (Lipinski definition) is 5. The minimum Gasteiger partial charge on any atom is -0.495 e. The van der Waals surface area contributed by atoms with Gasteiger partial charge in [-0.3, -0.25) is 0 Å². The van der Waals surface area contributed by atoms with Crippen molar-refractivity contribution in [3.63, 3.8) is 0 Å². The van der Waals surface area contributed by atoms with Crippen molar-refractivity contribution in [1.82, 2.24) is 4.72 Å². The second-order valence-corrected chi connectivity index (χ2v) is 6.14. The van der Waals surface area contributed by atoms with E-state index in [1.807, 2.05) is 0 Å². The first-order valence-corrected chi connectivity index (χ1v) is 7.80. The van der Waals surface area contributed by atoms with Crippen molar-refractivity contribution in [2.24, 2.45) is 0 Å². The summed E-state index contributed by atoms with van der Waals surface area (Å²) in [4.78, 5) is -0.0897. The van der Waals surface area contributed by atoms with Crippen molar-refractivity contribution in [3.8, 4) is 11.5 Å². The molecule has 0 bridgehead atoms. The molecule has 114 valence electrons. The van der Waals surface area contributed by atoms with Gasteiger partial charge in [0.25, 0.3) is 0 Å². The number of methoxy groups -OCH3 is 2. The molecular weight excluding hydrogens is 306 g/mol. The molecule has 0 spiro atoms.